The molecule has 0 saturated carbocycles. The number of hydrogen-bond acceptors (Lipinski definition) is 4. The maximum atomic E-state index is 13.7. The standard InChI is InChI=1S/C18H29FN4O2.HI/c1-14(13-24-3)22-18(20-2)21-12-17(23-7-9-25-10-8-23)15-5-4-6-16(19)11-15;/h4-6,11,14,17H,7-10,12-13H2,1-3H3,(H2,20,21,22);1H. The zero-order valence-electron chi connectivity index (χ0n) is 15.7. The predicted molar refractivity (Wildman–Crippen MR) is 113 cm³/mol. The van der Waals surface area contributed by atoms with Crippen molar-refractivity contribution in [3.63, 3.8) is 0 Å². The molecule has 2 atom stereocenters. The zero-order valence-corrected chi connectivity index (χ0v) is 18.0. The van der Waals surface area contributed by atoms with Crippen LogP contribution in [0.2, 0.25) is 0 Å². The minimum atomic E-state index is -0.216. The highest BCUT2D eigenvalue weighted by atomic mass is 127. The van der Waals surface area contributed by atoms with Crippen molar-refractivity contribution in [3.8, 4) is 0 Å². The van der Waals surface area contributed by atoms with Crippen molar-refractivity contribution < 1.29 is 13.9 Å². The van der Waals surface area contributed by atoms with Gasteiger partial charge < -0.3 is 20.1 Å². The summed E-state index contributed by atoms with van der Waals surface area (Å²) in [6.45, 7) is 6.31. The largest absolute Gasteiger partial charge is 0.383 e. The Balaban J connectivity index is 0.00000338. The molecule has 0 spiro atoms. The molecule has 148 valence electrons. The number of rotatable bonds is 7. The van der Waals surface area contributed by atoms with Crippen LogP contribution < -0.4 is 10.6 Å². The van der Waals surface area contributed by atoms with Crippen LogP contribution in [-0.4, -0.2) is 70.5 Å². The Kier molecular flexibility index (Phi) is 11.0. The van der Waals surface area contributed by atoms with Crippen LogP contribution in [0.15, 0.2) is 29.3 Å². The van der Waals surface area contributed by atoms with Crippen LogP contribution >= 0.6 is 24.0 Å². The van der Waals surface area contributed by atoms with Gasteiger partial charge in [0, 0.05) is 39.8 Å². The number of hydrogen-bond donors (Lipinski definition) is 2. The molecule has 0 bridgehead atoms. The van der Waals surface area contributed by atoms with Crippen LogP contribution in [0.4, 0.5) is 4.39 Å². The summed E-state index contributed by atoms with van der Waals surface area (Å²) in [5.41, 5.74) is 0.954. The van der Waals surface area contributed by atoms with E-state index in [0.717, 1.165) is 18.7 Å². The molecule has 1 aromatic rings. The number of nitrogens with one attached hydrogen (secondary N) is 2. The predicted octanol–water partition coefficient (Wildman–Crippen LogP) is 2.02. The summed E-state index contributed by atoms with van der Waals surface area (Å²) in [5, 5.41) is 6.64. The molecule has 1 aliphatic heterocycles. The van der Waals surface area contributed by atoms with E-state index in [1.54, 1.807) is 26.3 Å². The summed E-state index contributed by atoms with van der Waals surface area (Å²) < 4.78 is 24.3. The minimum Gasteiger partial charge on any atom is -0.383 e. The first kappa shape index (κ1) is 23.1. The fourth-order valence-electron chi connectivity index (χ4n) is 2.97. The van der Waals surface area contributed by atoms with Crippen LogP contribution in [0.3, 0.4) is 0 Å². The van der Waals surface area contributed by atoms with Crippen molar-refractivity contribution in [2.75, 3.05) is 53.6 Å². The second-order valence-electron chi connectivity index (χ2n) is 6.17. The van der Waals surface area contributed by atoms with Gasteiger partial charge in [0.25, 0.3) is 0 Å². The van der Waals surface area contributed by atoms with Crippen LogP contribution in [0.5, 0.6) is 0 Å². The van der Waals surface area contributed by atoms with Gasteiger partial charge in [-0.05, 0) is 24.6 Å². The maximum Gasteiger partial charge on any atom is 0.191 e. The third-order valence-electron chi connectivity index (χ3n) is 4.21. The van der Waals surface area contributed by atoms with E-state index in [0.29, 0.717) is 32.3 Å². The lowest BCUT2D eigenvalue weighted by atomic mass is 10.0. The number of guanidine groups is 1. The molecule has 1 heterocycles. The third kappa shape index (κ3) is 7.34. The topological polar surface area (TPSA) is 58.1 Å². The number of nitrogens with zero attached hydrogens (tertiary/aromatic N) is 2. The molecule has 2 rings (SSSR count). The number of benzene rings is 1. The lowest BCUT2D eigenvalue weighted by molar-refractivity contribution is 0.0169. The number of aliphatic imine (C=N–C) groups is 1. The lowest BCUT2D eigenvalue weighted by Gasteiger charge is -2.35. The Morgan fingerprint density at radius 2 is 2.12 bits per heavy atom. The average Bonchev–Trinajstić information content (AvgIpc) is 2.62. The molecular weight excluding hydrogens is 450 g/mol. The smallest absolute Gasteiger partial charge is 0.191 e. The van der Waals surface area contributed by atoms with Crippen LogP contribution in [-0.2, 0) is 9.47 Å². The summed E-state index contributed by atoms with van der Waals surface area (Å²) in [4.78, 5) is 6.58. The van der Waals surface area contributed by atoms with Gasteiger partial charge in [-0.1, -0.05) is 12.1 Å². The average molecular weight is 480 g/mol. The van der Waals surface area contributed by atoms with E-state index in [4.69, 9.17) is 9.47 Å². The molecule has 0 amide bonds. The van der Waals surface area contributed by atoms with Gasteiger partial charge in [0.05, 0.1) is 25.9 Å². The number of ether oxygens (including phenoxy) is 2. The van der Waals surface area contributed by atoms with E-state index in [-0.39, 0.29) is 41.9 Å². The van der Waals surface area contributed by atoms with Gasteiger partial charge in [0.2, 0.25) is 0 Å². The Morgan fingerprint density at radius 3 is 2.73 bits per heavy atom. The summed E-state index contributed by atoms with van der Waals surface area (Å²) in [6, 6.07) is 7.00. The molecule has 8 heteroatoms. The van der Waals surface area contributed by atoms with E-state index < -0.39 is 0 Å². The van der Waals surface area contributed by atoms with Gasteiger partial charge in [-0.15, -0.1) is 24.0 Å². The zero-order chi connectivity index (χ0) is 18.1. The molecule has 2 unspecified atom stereocenters. The van der Waals surface area contributed by atoms with Crippen molar-refractivity contribution >= 4 is 29.9 Å². The normalized spacial score (nSPS) is 17.9. The summed E-state index contributed by atoms with van der Waals surface area (Å²) in [7, 11) is 3.41. The Morgan fingerprint density at radius 1 is 1.38 bits per heavy atom. The molecule has 0 aromatic heterocycles. The SMILES string of the molecule is CN=C(NCC(c1cccc(F)c1)N1CCOCC1)NC(C)COC.I. The highest BCUT2D eigenvalue weighted by Crippen LogP contribution is 2.22. The third-order valence-corrected chi connectivity index (χ3v) is 4.21. The van der Waals surface area contributed by atoms with E-state index in [2.05, 4.69) is 20.5 Å². The fourth-order valence-corrected chi connectivity index (χ4v) is 2.97. The van der Waals surface area contributed by atoms with Crippen LogP contribution in [0.1, 0.15) is 18.5 Å². The fraction of sp³-hybridized carbons (Fsp3) is 0.611. The van der Waals surface area contributed by atoms with Crippen molar-refractivity contribution in [2.45, 2.75) is 19.0 Å². The lowest BCUT2D eigenvalue weighted by Crippen LogP contribution is -2.48. The Bertz CT molecular complexity index is 556. The molecule has 1 aliphatic rings. The molecule has 0 radical (unpaired) electrons. The highest BCUT2D eigenvalue weighted by molar-refractivity contribution is 14.0. The van der Waals surface area contributed by atoms with E-state index in [9.17, 15) is 4.39 Å². The van der Waals surface area contributed by atoms with Crippen LogP contribution in [0, 0.1) is 5.82 Å². The molecule has 1 fully saturated rings. The number of halogens is 2. The summed E-state index contributed by atoms with van der Waals surface area (Å²) in [6.07, 6.45) is 0. The minimum absolute atomic E-state index is 0. The maximum absolute atomic E-state index is 13.7. The first-order valence-electron chi connectivity index (χ1n) is 8.67. The van der Waals surface area contributed by atoms with Gasteiger partial charge in [0.1, 0.15) is 5.82 Å². The van der Waals surface area contributed by atoms with Crippen molar-refractivity contribution in [2.24, 2.45) is 4.99 Å². The molecule has 26 heavy (non-hydrogen) atoms. The summed E-state index contributed by atoms with van der Waals surface area (Å²) >= 11 is 0. The van der Waals surface area contributed by atoms with Crippen molar-refractivity contribution in [3.05, 3.63) is 35.6 Å². The number of methoxy groups -OCH3 is 1. The van der Waals surface area contributed by atoms with Gasteiger partial charge in [0.15, 0.2) is 5.96 Å². The highest BCUT2D eigenvalue weighted by Gasteiger charge is 2.23. The van der Waals surface area contributed by atoms with Crippen molar-refractivity contribution in [1.29, 1.82) is 0 Å². The van der Waals surface area contributed by atoms with Crippen LogP contribution in [0.25, 0.3) is 0 Å². The van der Waals surface area contributed by atoms with E-state index >= 15 is 0 Å². The quantitative estimate of drug-likeness (QED) is 0.356. The molecule has 6 nitrogen and oxygen atoms in total. The second kappa shape index (κ2) is 12.4. The molecule has 0 aliphatic carbocycles. The summed E-state index contributed by atoms with van der Waals surface area (Å²) in [5.74, 6) is 0.492. The van der Waals surface area contributed by atoms with E-state index in [1.165, 1.54) is 6.07 Å². The molecule has 1 saturated heterocycles. The Hall–Kier alpha value is -0.970. The Labute approximate surface area is 172 Å². The van der Waals surface area contributed by atoms with Crippen molar-refractivity contribution in [1.82, 2.24) is 15.5 Å². The van der Waals surface area contributed by atoms with Gasteiger partial charge in [-0.2, -0.15) is 0 Å². The van der Waals surface area contributed by atoms with Gasteiger partial charge in [-0.25, -0.2) is 4.39 Å². The monoisotopic (exact) mass is 480 g/mol. The first-order valence-corrected chi connectivity index (χ1v) is 8.67. The molecule has 2 N–H and O–H groups in total. The van der Waals surface area contributed by atoms with Gasteiger partial charge in [-0.3, -0.25) is 9.89 Å². The first-order chi connectivity index (χ1) is 12.1. The second-order valence-corrected chi connectivity index (χ2v) is 6.17. The number of morpholine rings is 1. The molecular formula is C18H30FIN4O2. The van der Waals surface area contributed by atoms with E-state index in [1.807, 2.05) is 13.0 Å². The molecule has 1 aromatic carbocycles. The van der Waals surface area contributed by atoms with Gasteiger partial charge >= 0.3 is 0 Å².